The Balaban J connectivity index is 1.71. The van der Waals surface area contributed by atoms with Gasteiger partial charge in [0.2, 0.25) is 5.91 Å². The predicted octanol–water partition coefficient (Wildman–Crippen LogP) is 2.46. The quantitative estimate of drug-likeness (QED) is 0.492. The van der Waals surface area contributed by atoms with Crippen molar-refractivity contribution < 1.29 is 18.0 Å². The molecule has 2 aliphatic rings. The second-order valence-corrected chi connectivity index (χ2v) is 8.66. The second kappa shape index (κ2) is 10.5. The van der Waals surface area contributed by atoms with E-state index in [1.54, 1.807) is 26.0 Å². The monoisotopic (exact) mass is 419 g/mol. The minimum atomic E-state index is -4.11. The number of carbonyl (C=O) groups is 1. The highest BCUT2D eigenvalue weighted by atomic mass is 19.4. The molecule has 2 fully saturated rings. The van der Waals surface area contributed by atoms with Crippen molar-refractivity contribution in [2.75, 3.05) is 53.9 Å². The molecule has 0 radical (unpaired) electrons. The summed E-state index contributed by atoms with van der Waals surface area (Å²) < 4.78 is 37.4. The minimum absolute atomic E-state index is 0.170. The van der Waals surface area contributed by atoms with E-state index in [-0.39, 0.29) is 11.3 Å². The molecule has 1 aliphatic heterocycles. The summed E-state index contributed by atoms with van der Waals surface area (Å²) in [4.78, 5) is 20.1. The van der Waals surface area contributed by atoms with E-state index in [1.165, 1.54) is 4.90 Å². The molecule has 1 aliphatic carbocycles. The van der Waals surface area contributed by atoms with Crippen LogP contribution in [0.5, 0.6) is 0 Å². The van der Waals surface area contributed by atoms with Gasteiger partial charge < -0.3 is 15.5 Å². The first-order valence-electron chi connectivity index (χ1n) is 10.6. The molecule has 6 nitrogen and oxygen atoms in total. The van der Waals surface area contributed by atoms with Crippen LogP contribution < -0.4 is 10.6 Å². The normalized spacial score (nSPS) is 21.2. The van der Waals surface area contributed by atoms with Crippen LogP contribution in [0.25, 0.3) is 0 Å². The fourth-order valence-corrected chi connectivity index (χ4v) is 4.55. The molecule has 168 valence electrons. The average molecular weight is 420 g/mol. The number of piperidine rings is 1. The van der Waals surface area contributed by atoms with E-state index in [9.17, 15) is 18.0 Å². The summed E-state index contributed by atoms with van der Waals surface area (Å²) in [7, 11) is 5.31. The van der Waals surface area contributed by atoms with Gasteiger partial charge in [-0.25, -0.2) is 0 Å². The molecule has 0 unspecified atom stereocenters. The van der Waals surface area contributed by atoms with Crippen LogP contribution in [0.15, 0.2) is 4.99 Å². The number of likely N-dealkylation sites (tertiary alicyclic amines) is 1. The molecular formula is C20H36F3N5O. The molecule has 1 saturated heterocycles. The van der Waals surface area contributed by atoms with E-state index in [4.69, 9.17) is 0 Å². The Bertz CT molecular complexity index is 551. The summed E-state index contributed by atoms with van der Waals surface area (Å²) in [6.07, 6.45) is 2.31. The van der Waals surface area contributed by atoms with Gasteiger partial charge in [-0.3, -0.25) is 14.7 Å². The third-order valence-corrected chi connectivity index (χ3v) is 6.19. The molecule has 9 heteroatoms. The fourth-order valence-electron chi connectivity index (χ4n) is 4.55. The molecule has 0 aromatic heterocycles. The van der Waals surface area contributed by atoms with E-state index in [0.717, 1.165) is 51.5 Å². The van der Waals surface area contributed by atoms with Crippen LogP contribution in [0.3, 0.4) is 0 Å². The van der Waals surface area contributed by atoms with Crippen LogP contribution >= 0.6 is 0 Å². The third kappa shape index (κ3) is 7.35. The summed E-state index contributed by atoms with van der Waals surface area (Å²) in [6, 6.07) is 0. The van der Waals surface area contributed by atoms with Crippen LogP contribution in [-0.2, 0) is 4.79 Å². The molecule has 0 aromatic carbocycles. The van der Waals surface area contributed by atoms with Crippen molar-refractivity contribution in [3.63, 3.8) is 0 Å². The number of carbonyl (C=O) groups excluding carboxylic acids is 1. The smallest absolute Gasteiger partial charge is 0.356 e. The molecule has 29 heavy (non-hydrogen) atoms. The van der Waals surface area contributed by atoms with Gasteiger partial charge in [-0.15, -0.1) is 0 Å². The number of guanidine groups is 1. The van der Waals surface area contributed by atoms with Crippen molar-refractivity contribution in [1.82, 2.24) is 20.4 Å². The van der Waals surface area contributed by atoms with Crippen molar-refractivity contribution in [3.05, 3.63) is 0 Å². The van der Waals surface area contributed by atoms with Crippen LogP contribution in [0.1, 0.15) is 44.9 Å². The number of halogens is 3. The van der Waals surface area contributed by atoms with E-state index in [1.807, 2.05) is 0 Å². The van der Waals surface area contributed by atoms with Crippen molar-refractivity contribution in [3.8, 4) is 0 Å². The number of nitrogens with zero attached hydrogens (tertiary/aromatic N) is 3. The van der Waals surface area contributed by atoms with Crippen molar-refractivity contribution in [2.45, 2.75) is 51.1 Å². The Morgan fingerprint density at radius 3 is 2.31 bits per heavy atom. The molecule has 0 atom stereocenters. The summed E-state index contributed by atoms with van der Waals surface area (Å²) in [5.41, 5.74) is -0.355. The average Bonchev–Trinajstić information content (AvgIpc) is 3.14. The highest BCUT2D eigenvalue weighted by Crippen LogP contribution is 2.38. The number of hydrogen-bond donors (Lipinski definition) is 2. The van der Waals surface area contributed by atoms with Gasteiger partial charge in [0, 0.05) is 34.2 Å². The van der Waals surface area contributed by atoms with E-state index in [2.05, 4.69) is 15.6 Å². The van der Waals surface area contributed by atoms with Gasteiger partial charge in [0.15, 0.2) is 5.96 Å². The molecule has 0 aromatic rings. The molecule has 1 saturated carbocycles. The van der Waals surface area contributed by atoms with Crippen LogP contribution in [0.2, 0.25) is 0 Å². The zero-order valence-corrected chi connectivity index (χ0v) is 17.9. The third-order valence-electron chi connectivity index (χ3n) is 6.19. The summed E-state index contributed by atoms with van der Waals surface area (Å²) in [5.74, 6) is 1.28. The molecule has 1 heterocycles. The topological polar surface area (TPSA) is 60.0 Å². The van der Waals surface area contributed by atoms with Crippen molar-refractivity contribution >= 4 is 11.9 Å². The van der Waals surface area contributed by atoms with Gasteiger partial charge in [-0.1, -0.05) is 12.8 Å². The van der Waals surface area contributed by atoms with Crippen molar-refractivity contribution in [2.24, 2.45) is 16.3 Å². The maximum Gasteiger partial charge on any atom is 0.401 e. The molecule has 2 rings (SSSR count). The minimum Gasteiger partial charge on any atom is -0.356 e. The van der Waals surface area contributed by atoms with Gasteiger partial charge in [-0.2, -0.15) is 13.2 Å². The molecule has 0 bridgehead atoms. The zero-order chi connectivity index (χ0) is 21.5. The van der Waals surface area contributed by atoms with Crippen molar-refractivity contribution in [1.29, 1.82) is 0 Å². The van der Waals surface area contributed by atoms with Gasteiger partial charge in [0.1, 0.15) is 0 Å². The standard InChI is InChI=1S/C20H36F3N5O/c1-24-18(26-14-19(9-4-5-10-19)17(29)27(2)3)25-11-6-16-7-12-28(13-8-16)15-20(21,22)23/h16H,4-15H2,1-3H3,(H2,24,25,26). The Kier molecular flexibility index (Phi) is 8.60. The lowest BCUT2D eigenvalue weighted by atomic mass is 9.84. The Hall–Kier alpha value is -1.51. The Morgan fingerprint density at radius 1 is 1.17 bits per heavy atom. The van der Waals surface area contributed by atoms with Gasteiger partial charge in [-0.05, 0) is 51.1 Å². The summed E-state index contributed by atoms with van der Waals surface area (Å²) in [5, 5.41) is 6.61. The first-order valence-corrected chi connectivity index (χ1v) is 10.6. The predicted molar refractivity (Wildman–Crippen MR) is 109 cm³/mol. The van der Waals surface area contributed by atoms with Crippen LogP contribution in [-0.4, -0.2) is 81.7 Å². The first kappa shape index (κ1) is 23.8. The maximum absolute atomic E-state index is 12.7. The number of nitrogens with one attached hydrogen (secondary N) is 2. The molecule has 1 amide bonds. The molecular weight excluding hydrogens is 383 g/mol. The SMILES string of the molecule is CN=C(NCCC1CCN(CC(F)(F)F)CC1)NCC1(C(=O)N(C)C)CCCC1. The van der Waals surface area contributed by atoms with Crippen LogP contribution in [0, 0.1) is 11.3 Å². The summed E-state index contributed by atoms with van der Waals surface area (Å²) >= 11 is 0. The lowest BCUT2D eigenvalue weighted by Gasteiger charge is -2.33. The number of hydrogen-bond acceptors (Lipinski definition) is 3. The van der Waals surface area contributed by atoms with E-state index < -0.39 is 12.7 Å². The number of rotatable bonds is 7. The number of amides is 1. The highest BCUT2D eigenvalue weighted by molar-refractivity contribution is 5.85. The second-order valence-electron chi connectivity index (χ2n) is 8.66. The number of alkyl halides is 3. The van der Waals surface area contributed by atoms with E-state index >= 15 is 0 Å². The fraction of sp³-hybridized carbons (Fsp3) is 0.900. The lowest BCUT2D eigenvalue weighted by molar-refractivity contribution is -0.148. The van der Waals surface area contributed by atoms with Gasteiger partial charge in [0.05, 0.1) is 12.0 Å². The van der Waals surface area contributed by atoms with Crippen LogP contribution in [0.4, 0.5) is 13.2 Å². The Morgan fingerprint density at radius 2 is 1.79 bits per heavy atom. The highest BCUT2D eigenvalue weighted by Gasteiger charge is 2.42. The Labute approximate surface area is 172 Å². The summed E-state index contributed by atoms with van der Waals surface area (Å²) in [6.45, 7) is 1.50. The first-order chi connectivity index (χ1) is 13.6. The van der Waals surface area contributed by atoms with Gasteiger partial charge >= 0.3 is 6.18 Å². The van der Waals surface area contributed by atoms with E-state index in [0.29, 0.717) is 31.5 Å². The maximum atomic E-state index is 12.7. The molecule has 0 spiro atoms. The lowest BCUT2D eigenvalue weighted by Crippen LogP contribution is -2.49. The molecule has 2 N–H and O–H groups in total. The zero-order valence-electron chi connectivity index (χ0n) is 17.9. The van der Waals surface area contributed by atoms with Gasteiger partial charge in [0.25, 0.3) is 0 Å². The largest absolute Gasteiger partial charge is 0.401 e. The number of aliphatic imine (C=N–C) groups is 1.